The van der Waals surface area contributed by atoms with Crippen LogP contribution in [0.3, 0.4) is 0 Å². The van der Waals surface area contributed by atoms with Crippen LogP contribution in [0.1, 0.15) is 5.56 Å². The number of benzene rings is 2. The van der Waals surface area contributed by atoms with E-state index in [-0.39, 0.29) is 23.0 Å². The van der Waals surface area contributed by atoms with Crippen LogP contribution in [-0.2, 0) is 6.54 Å². The number of methoxy groups -OCH3 is 1. The average molecular weight is 282 g/mol. The van der Waals surface area contributed by atoms with Gasteiger partial charge in [-0.25, -0.2) is 4.39 Å². The van der Waals surface area contributed by atoms with Gasteiger partial charge >= 0.3 is 0 Å². The first-order valence-electron chi connectivity index (χ1n) is 5.65. The van der Waals surface area contributed by atoms with Gasteiger partial charge in [-0.05, 0) is 30.3 Å². The van der Waals surface area contributed by atoms with Crippen molar-refractivity contribution in [2.45, 2.75) is 6.54 Å². The van der Waals surface area contributed by atoms with Gasteiger partial charge in [0.05, 0.1) is 17.8 Å². The van der Waals surface area contributed by atoms with Crippen molar-refractivity contribution in [3.05, 3.63) is 52.8 Å². The van der Waals surface area contributed by atoms with Gasteiger partial charge in [-0.15, -0.1) is 0 Å². The van der Waals surface area contributed by atoms with Gasteiger partial charge in [-0.1, -0.05) is 17.7 Å². The number of rotatable bonds is 4. The molecule has 0 aromatic heterocycles. The maximum absolute atomic E-state index is 13.7. The first kappa shape index (κ1) is 13.5. The molecule has 0 fully saturated rings. The van der Waals surface area contributed by atoms with E-state index in [1.165, 1.54) is 12.1 Å². The molecule has 0 radical (unpaired) electrons. The minimum absolute atomic E-state index is 0.0554. The Morgan fingerprint density at radius 3 is 2.84 bits per heavy atom. The van der Waals surface area contributed by atoms with Gasteiger partial charge in [0.1, 0.15) is 11.5 Å². The van der Waals surface area contributed by atoms with E-state index in [9.17, 15) is 9.50 Å². The Morgan fingerprint density at radius 1 is 1.32 bits per heavy atom. The summed E-state index contributed by atoms with van der Waals surface area (Å²) in [6.45, 7) is 0.264. The molecule has 2 aromatic rings. The maximum atomic E-state index is 13.7. The van der Waals surface area contributed by atoms with Gasteiger partial charge in [0.2, 0.25) is 0 Å². The highest BCUT2D eigenvalue weighted by Gasteiger charge is 2.07. The summed E-state index contributed by atoms with van der Waals surface area (Å²) in [7, 11) is 1.54. The molecule has 0 atom stereocenters. The van der Waals surface area contributed by atoms with Crippen LogP contribution in [0.5, 0.6) is 11.5 Å². The minimum Gasteiger partial charge on any atom is -0.508 e. The van der Waals surface area contributed by atoms with Crippen molar-refractivity contribution in [3.8, 4) is 11.5 Å². The molecule has 2 aromatic carbocycles. The zero-order valence-electron chi connectivity index (χ0n) is 10.3. The average Bonchev–Trinajstić information content (AvgIpc) is 2.42. The molecule has 0 aliphatic carbocycles. The Morgan fingerprint density at radius 2 is 2.11 bits per heavy atom. The molecule has 19 heavy (non-hydrogen) atoms. The zero-order chi connectivity index (χ0) is 13.8. The Balaban J connectivity index is 2.16. The van der Waals surface area contributed by atoms with E-state index in [0.717, 1.165) is 0 Å². The highest BCUT2D eigenvalue weighted by atomic mass is 35.5. The summed E-state index contributed by atoms with van der Waals surface area (Å²) in [4.78, 5) is 0. The minimum atomic E-state index is -0.508. The molecule has 0 saturated carbocycles. The third-order valence-electron chi connectivity index (χ3n) is 2.71. The summed E-state index contributed by atoms with van der Waals surface area (Å²) in [6, 6.07) is 9.58. The summed E-state index contributed by atoms with van der Waals surface area (Å²) in [5.41, 5.74) is 0.897. The number of nitrogens with one attached hydrogen (secondary N) is 1. The van der Waals surface area contributed by atoms with Crippen molar-refractivity contribution in [1.29, 1.82) is 0 Å². The standard InChI is InChI=1S/C14H13ClFNO2/c1-19-10-5-6-13(18)9(7-10)8-17-12-4-2-3-11(15)14(12)16/h2-7,17-18H,8H2,1H3. The molecule has 2 N–H and O–H groups in total. The first-order chi connectivity index (χ1) is 9.11. The van der Waals surface area contributed by atoms with Crippen molar-refractivity contribution in [2.24, 2.45) is 0 Å². The highest BCUT2D eigenvalue weighted by molar-refractivity contribution is 6.31. The largest absolute Gasteiger partial charge is 0.508 e. The number of phenols is 1. The molecule has 3 nitrogen and oxygen atoms in total. The second-order valence-corrected chi connectivity index (χ2v) is 4.36. The Bertz CT molecular complexity index is 590. The second-order valence-electron chi connectivity index (χ2n) is 3.95. The number of phenolic OH excluding ortho intramolecular Hbond substituents is 1. The summed E-state index contributed by atoms with van der Waals surface area (Å²) in [5.74, 6) is 0.239. The number of anilines is 1. The predicted molar refractivity (Wildman–Crippen MR) is 73.4 cm³/mol. The lowest BCUT2D eigenvalue weighted by molar-refractivity contribution is 0.411. The molecule has 2 rings (SSSR count). The van der Waals surface area contributed by atoms with Gasteiger partial charge in [0.15, 0.2) is 5.82 Å². The smallest absolute Gasteiger partial charge is 0.164 e. The molecule has 0 saturated heterocycles. The Hall–Kier alpha value is -1.94. The van der Waals surface area contributed by atoms with Crippen LogP contribution >= 0.6 is 11.6 Å². The van der Waals surface area contributed by atoms with Crippen LogP contribution in [-0.4, -0.2) is 12.2 Å². The quantitative estimate of drug-likeness (QED) is 0.895. The maximum Gasteiger partial charge on any atom is 0.164 e. The molecular formula is C14H13ClFNO2. The van der Waals surface area contributed by atoms with E-state index in [4.69, 9.17) is 16.3 Å². The van der Waals surface area contributed by atoms with Crippen molar-refractivity contribution < 1.29 is 14.2 Å². The number of halogens is 2. The van der Waals surface area contributed by atoms with Gasteiger partial charge < -0.3 is 15.2 Å². The number of hydrogen-bond donors (Lipinski definition) is 2. The summed E-state index contributed by atoms with van der Waals surface area (Å²) < 4.78 is 18.7. The van der Waals surface area contributed by atoms with Crippen LogP contribution in [0.2, 0.25) is 5.02 Å². The number of aromatic hydroxyl groups is 1. The Labute approximate surface area is 115 Å². The zero-order valence-corrected chi connectivity index (χ0v) is 11.0. The Kier molecular flexibility index (Phi) is 4.12. The van der Waals surface area contributed by atoms with Crippen LogP contribution in [0.25, 0.3) is 0 Å². The van der Waals surface area contributed by atoms with Crippen LogP contribution < -0.4 is 10.1 Å². The molecular weight excluding hydrogens is 269 g/mol. The topological polar surface area (TPSA) is 41.5 Å². The SMILES string of the molecule is COc1ccc(O)c(CNc2cccc(Cl)c2F)c1. The lowest BCUT2D eigenvalue weighted by atomic mass is 10.2. The fourth-order valence-corrected chi connectivity index (χ4v) is 1.84. The summed E-state index contributed by atoms with van der Waals surface area (Å²) in [5, 5.41) is 12.7. The van der Waals surface area contributed by atoms with Crippen molar-refractivity contribution in [2.75, 3.05) is 12.4 Å². The summed E-state index contributed by atoms with van der Waals surface area (Å²) >= 11 is 5.69. The molecule has 0 bridgehead atoms. The normalized spacial score (nSPS) is 10.3. The predicted octanol–water partition coefficient (Wildman–Crippen LogP) is 3.81. The lowest BCUT2D eigenvalue weighted by Crippen LogP contribution is -2.02. The fraction of sp³-hybridized carbons (Fsp3) is 0.143. The first-order valence-corrected chi connectivity index (χ1v) is 6.03. The van der Waals surface area contributed by atoms with Crippen LogP contribution in [0.15, 0.2) is 36.4 Å². The molecule has 0 spiro atoms. The molecule has 0 aliphatic heterocycles. The van der Waals surface area contributed by atoms with E-state index in [2.05, 4.69) is 5.32 Å². The van der Waals surface area contributed by atoms with Crippen molar-refractivity contribution in [1.82, 2.24) is 0 Å². The lowest BCUT2D eigenvalue weighted by Gasteiger charge is -2.11. The van der Waals surface area contributed by atoms with E-state index in [0.29, 0.717) is 11.3 Å². The summed E-state index contributed by atoms with van der Waals surface area (Å²) in [6.07, 6.45) is 0. The van der Waals surface area contributed by atoms with Crippen molar-refractivity contribution >= 4 is 17.3 Å². The van der Waals surface area contributed by atoms with Gasteiger partial charge in [0, 0.05) is 12.1 Å². The van der Waals surface area contributed by atoms with E-state index in [1.54, 1.807) is 31.4 Å². The molecule has 0 aliphatic rings. The van der Waals surface area contributed by atoms with Gasteiger partial charge in [-0.2, -0.15) is 0 Å². The third kappa shape index (κ3) is 3.09. The molecule has 0 unspecified atom stereocenters. The monoisotopic (exact) mass is 281 g/mol. The second kappa shape index (κ2) is 5.80. The molecule has 100 valence electrons. The molecule has 5 heteroatoms. The van der Waals surface area contributed by atoms with E-state index in [1.807, 2.05) is 0 Å². The van der Waals surface area contributed by atoms with Crippen LogP contribution in [0, 0.1) is 5.82 Å². The van der Waals surface area contributed by atoms with Crippen LogP contribution in [0.4, 0.5) is 10.1 Å². The molecule has 0 amide bonds. The number of hydrogen-bond acceptors (Lipinski definition) is 3. The highest BCUT2D eigenvalue weighted by Crippen LogP contribution is 2.26. The van der Waals surface area contributed by atoms with Gasteiger partial charge in [0.25, 0.3) is 0 Å². The van der Waals surface area contributed by atoms with Gasteiger partial charge in [-0.3, -0.25) is 0 Å². The fourth-order valence-electron chi connectivity index (χ4n) is 1.66. The van der Waals surface area contributed by atoms with Crippen molar-refractivity contribution in [3.63, 3.8) is 0 Å². The molecule has 0 heterocycles. The third-order valence-corrected chi connectivity index (χ3v) is 3.00. The van der Waals surface area contributed by atoms with E-state index >= 15 is 0 Å². The van der Waals surface area contributed by atoms with E-state index < -0.39 is 5.82 Å². The number of ether oxygens (including phenoxy) is 1.